The average molecular weight is 431 g/mol. The largest absolute Gasteiger partial charge is 0.462 e. The topological polar surface area (TPSA) is 83.0 Å². The van der Waals surface area contributed by atoms with Crippen LogP contribution in [-0.4, -0.2) is 27.1 Å². The summed E-state index contributed by atoms with van der Waals surface area (Å²) < 4.78 is 7.42. The Morgan fingerprint density at radius 1 is 0.969 bits per heavy atom. The zero-order valence-corrected chi connectivity index (χ0v) is 19.0. The minimum Gasteiger partial charge on any atom is -0.462 e. The van der Waals surface area contributed by atoms with Crippen molar-refractivity contribution in [1.29, 1.82) is 0 Å². The van der Waals surface area contributed by atoms with Gasteiger partial charge < -0.3 is 10.5 Å². The summed E-state index contributed by atoms with van der Waals surface area (Å²) in [4.78, 5) is 22.7. The van der Waals surface area contributed by atoms with Crippen LogP contribution in [-0.2, 0) is 4.74 Å². The molecular formula is C26H30N4O2. The number of hydrogen-bond acceptors (Lipinski definition) is 5. The van der Waals surface area contributed by atoms with E-state index in [2.05, 4.69) is 13.0 Å². The van der Waals surface area contributed by atoms with E-state index >= 15 is 0 Å². The van der Waals surface area contributed by atoms with Crippen molar-refractivity contribution < 1.29 is 9.53 Å². The van der Waals surface area contributed by atoms with E-state index in [1.54, 1.807) is 0 Å². The number of fused-ring (bicyclic) bond motifs is 2. The molecule has 166 valence electrons. The van der Waals surface area contributed by atoms with E-state index in [9.17, 15) is 4.79 Å². The SMILES string of the molecule is CCCCCCCOC(=O)c1c(N)n(-c2cc(C)cc(C)c2)c2nc3ccccc3nc12. The third-order valence-corrected chi connectivity index (χ3v) is 5.65. The highest BCUT2D eigenvalue weighted by molar-refractivity contribution is 6.09. The van der Waals surface area contributed by atoms with Crippen LogP contribution >= 0.6 is 0 Å². The molecule has 0 aliphatic rings. The van der Waals surface area contributed by atoms with Gasteiger partial charge in [-0.2, -0.15) is 0 Å². The van der Waals surface area contributed by atoms with E-state index in [0.717, 1.165) is 41.6 Å². The van der Waals surface area contributed by atoms with Crippen LogP contribution in [0, 0.1) is 13.8 Å². The zero-order valence-electron chi connectivity index (χ0n) is 19.0. The quantitative estimate of drug-likeness (QED) is 0.278. The van der Waals surface area contributed by atoms with Crippen LogP contribution in [0.25, 0.3) is 27.9 Å². The first-order chi connectivity index (χ1) is 15.5. The number of anilines is 1. The van der Waals surface area contributed by atoms with Crippen molar-refractivity contribution in [2.75, 3.05) is 12.3 Å². The van der Waals surface area contributed by atoms with Crippen molar-refractivity contribution in [2.24, 2.45) is 0 Å². The molecule has 2 N–H and O–H groups in total. The Kier molecular flexibility index (Phi) is 6.40. The lowest BCUT2D eigenvalue weighted by Crippen LogP contribution is -2.10. The van der Waals surface area contributed by atoms with Gasteiger partial charge in [0.1, 0.15) is 16.9 Å². The first kappa shape index (κ1) is 21.8. The molecule has 0 saturated carbocycles. The molecule has 2 heterocycles. The van der Waals surface area contributed by atoms with E-state index < -0.39 is 5.97 Å². The Labute approximate surface area is 188 Å². The summed E-state index contributed by atoms with van der Waals surface area (Å²) >= 11 is 0. The summed E-state index contributed by atoms with van der Waals surface area (Å²) in [5, 5.41) is 0. The number of ether oxygens (including phenoxy) is 1. The maximum atomic E-state index is 13.1. The molecule has 0 atom stereocenters. The monoisotopic (exact) mass is 430 g/mol. The molecule has 0 amide bonds. The van der Waals surface area contributed by atoms with Gasteiger partial charge in [-0.15, -0.1) is 0 Å². The molecule has 32 heavy (non-hydrogen) atoms. The predicted octanol–water partition coefficient (Wildman–Crippen LogP) is 5.90. The molecule has 6 nitrogen and oxygen atoms in total. The lowest BCUT2D eigenvalue weighted by molar-refractivity contribution is 0.0501. The highest BCUT2D eigenvalue weighted by atomic mass is 16.5. The highest BCUT2D eigenvalue weighted by Gasteiger charge is 2.26. The molecule has 4 aromatic rings. The highest BCUT2D eigenvalue weighted by Crippen LogP contribution is 2.32. The van der Waals surface area contributed by atoms with E-state index in [1.165, 1.54) is 12.8 Å². The molecule has 4 rings (SSSR count). The van der Waals surface area contributed by atoms with Crippen molar-refractivity contribution in [3.8, 4) is 5.69 Å². The number of unbranched alkanes of at least 4 members (excludes halogenated alkanes) is 4. The van der Waals surface area contributed by atoms with Gasteiger partial charge in [0.25, 0.3) is 0 Å². The number of carbonyl (C=O) groups is 1. The lowest BCUT2D eigenvalue weighted by atomic mass is 10.1. The van der Waals surface area contributed by atoms with Crippen LogP contribution in [0.3, 0.4) is 0 Å². The van der Waals surface area contributed by atoms with Crippen molar-refractivity contribution in [3.05, 3.63) is 59.2 Å². The van der Waals surface area contributed by atoms with Gasteiger partial charge in [0.05, 0.1) is 17.6 Å². The van der Waals surface area contributed by atoms with Crippen LogP contribution < -0.4 is 5.73 Å². The third-order valence-electron chi connectivity index (χ3n) is 5.65. The zero-order chi connectivity index (χ0) is 22.7. The van der Waals surface area contributed by atoms with Gasteiger partial charge in [-0.25, -0.2) is 14.8 Å². The molecule has 0 aliphatic heterocycles. The normalized spacial score (nSPS) is 11.3. The van der Waals surface area contributed by atoms with Crippen molar-refractivity contribution in [2.45, 2.75) is 52.9 Å². The fourth-order valence-electron chi connectivity index (χ4n) is 4.15. The summed E-state index contributed by atoms with van der Waals surface area (Å²) in [6.45, 7) is 6.62. The molecule has 0 saturated heterocycles. The number of nitrogens with zero attached hydrogens (tertiary/aromatic N) is 3. The Balaban J connectivity index is 1.79. The van der Waals surface area contributed by atoms with Crippen LogP contribution in [0.5, 0.6) is 0 Å². The number of nitrogen functional groups attached to an aromatic ring is 1. The maximum Gasteiger partial charge on any atom is 0.344 e. The van der Waals surface area contributed by atoms with Crippen LogP contribution in [0.4, 0.5) is 5.82 Å². The Morgan fingerprint density at radius 2 is 1.62 bits per heavy atom. The molecule has 0 bridgehead atoms. The van der Waals surface area contributed by atoms with Gasteiger partial charge in [-0.1, -0.05) is 50.8 Å². The first-order valence-corrected chi connectivity index (χ1v) is 11.3. The second-order valence-corrected chi connectivity index (χ2v) is 8.38. The Morgan fingerprint density at radius 3 is 2.31 bits per heavy atom. The fraction of sp³-hybridized carbons (Fsp3) is 0.346. The molecule has 6 heteroatoms. The third kappa shape index (κ3) is 4.31. The van der Waals surface area contributed by atoms with Crippen LogP contribution in [0.15, 0.2) is 42.5 Å². The maximum absolute atomic E-state index is 13.1. The molecule has 2 aromatic heterocycles. The van der Waals surface area contributed by atoms with Gasteiger partial charge in [0.2, 0.25) is 0 Å². The van der Waals surface area contributed by atoms with Gasteiger partial charge >= 0.3 is 5.97 Å². The van der Waals surface area contributed by atoms with Gasteiger partial charge in [0.15, 0.2) is 5.65 Å². The molecular weight excluding hydrogens is 400 g/mol. The minimum atomic E-state index is -0.448. The second-order valence-electron chi connectivity index (χ2n) is 8.38. The summed E-state index contributed by atoms with van der Waals surface area (Å²) in [6, 6.07) is 13.8. The first-order valence-electron chi connectivity index (χ1n) is 11.3. The molecule has 0 spiro atoms. The second kappa shape index (κ2) is 9.39. The van der Waals surface area contributed by atoms with Crippen molar-refractivity contribution in [1.82, 2.24) is 14.5 Å². The number of para-hydroxylation sites is 2. The van der Waals surface area contributed by atoms with E-state index in [0.29, 0.717) is 29.1 Å². The van der Waals surface area contributed by atoms with Crippen LogP contribution in [0.1, 0.15) is 60.5 Å². The van der Waals surface area contributed by atoms with E-state index in [4.69, 9.17) is 20.4 Å². The minimum absolute atomic E-state index is 0.283. The summed E-state index contributed by atoms with van der Waals surface area (Å²) in [7, 11) is 0. The summed E-state index contributed by atoms with van der Waals surface area (Å²) in [5.74, 6) is -0.146. The molecule has 0 radical (unpaired) electrons. The standard InChI is InChI=1S/C26H30N4O2/c1-4-5-6-7-10-13-32-26(31)22-23-25(29-21-12-9-8-11-20(21)28-23)30(24(22)27)19-15-17(2)14-18(3)16-19/h8-9,11-12,14-16H,4-7,10,13,27H2,1-3H3. The molecule has 0 unspecified atom stereocenters. The fourth-order valence-corrected chi connectivity index (χ4v) is 4.15. The molecule has 2 aromatic carbocycles. The smallest absolute Gasteiger partial charge is 0.344 e. The number of rotatable bonds is 8. The number of benzene rings is 2. The molecule has 0 fully saturated rings. The van der Waals surface area contributed by atoms with Gasteiger partial charge in [0, 0.05) is 5.69 Å². The Hall–Kier alpha value is -3.41. The average Bonchev–Trinajstić information content (AvgIpc) is 3.04. The van der Waals surface area contributed by atoms with Gasteiger partial charge in [-0.05, 0) is 55.7 Å². The number of carbonyl (C=O) groups excluding carboxylic acids is 1. The number of esters is 1. The Bertz CT molecular complexity index is 1260. The predicted molar refractivity (Wildman–Crippen MR) is 129 cm³/mol. The number of hydrogen-bond donors (Lipinski definition) is 1. The van der Waals surface area contributed by atoms with E-state index in [1.807, 2.05) is 54.8 Å². The summed E-state index contributed by atoms with van der Waals surface area (Å²) in [5.41, 5.74) is 12.4. The summed E-state index contributed by atoms with van der Waals surface area (Å²) in [6.07, 6.45) is 5.43. The van der Waals surface area contributed by atoms with E-state index in [-0.39, 0.29) is 5.56 Å². The van der Waals surface area contributed by atoms with Crippen LogP contribution in [0.2, 0.25) is 0 Å². The van der Waals surface area contributed by atoms with Crippen molar-refractivity contribution in [3.63, 3.8) is 0 Å². The van der Waals surface area contributed by atoms with Crippen molar-refractivity contribution >= 4 is 34.0 Å². The van der Waals surface area contributed by atoms with Gasteiger partial charge in [-0.3, -0.25) is 4.57 Å². The lowest BCUT2D eigenvalue weighted by Gasteiger charge is -2.10. The molecule has 0 aliphatic carbocycles. The number of aryl methyl sites for hydroxylation is 2. The number of nitrogens with two attached hydrogens (primary N) is 1. The number of aromatic nitrogens is 3.